The van der Waals surface area contributed by atoms with Crippen molar-refractivity contribution >= 4 is 49.0 Å². The number of nitrogens with two attached hydrogens (primary N) is 1. The van der Waals surface area contributed by atoms with Gasteiger partial charge in [0, 0.05) is 11.1 Å². The van der Waals surface area contributed by atoms with E-state index in [2.05, 4.69) is 43.0 Å². The lowest BCUT2D eigenvalue weighted by Crippen LogP contribution is -2.01. The third-order valence-electron chi connectivity index (χ3n) is 3.08. The molecule has 0 aliphatic rings. The van der Waals surface area contributed by atoms with Crippen molar-refractivity contribution < 1.29 is 0 Å². The number of para-hydroxylation sites is 1. The molecule has 3 nitrogen and oxygen atoms in total. The molecule has 0 bridgehead atoms. The number of rotatable bonds is 2. The molecule has 3 rings (SSSR count). The van der Waals surface area contributed by atoms with Crippen LogP contribution >= 0.6 is 43.2 Å². The first-order valence-electron chi connectivity index (χ1n) is 5.93. The normalized spacial score (nSPS) is 10.9. The predicted molar refractivity (Wildman–Crippen MR) is 91.4 cm³/mol. The zero-order chi connectivity index (χ0) is 14.3. The molecule has 0 atom stereocenters. The maximum Gasteiger partial charge on any atom is 0.130 e. The van der Waals surface area contributed by atoms with Crippen LogP contribution in [0.3, 0.4) is 0 Å². The smallest absolute Gasteiger partial charge is 0.130 e. The Bertz CT molecular complexity index is 762. The molecule has 20 heavy (non-hydrogen) atoms. The quantitative estimate of drug-likeness (QED) is 0.642. The van der Waals surface area contributed by atoms with Gasteiger partial charge in [-0.05, 0) is 57.0 Å². The SMILES string of the molecule is Cc1c(-c2cc(Br)sc2Br)nn(-c2ccccc2)c1N. The Labute approximate surface area is 137 Å². The van der Waals surface area contributed by atoms with E-state index < -0.39 is 0 Å². The molecule has 0 aliphatic carbocycles. The average Bonchev–Trinajstić information content (AvgIpc) is 2.92. The molecular weight excluding hydrogens is 402 g/mol. The first-order chi connectivity index (χ1) is 9.58. The number of halogens is 2. The van der Waals surface area contributed by atoms with Crippen LogP contribution in [0.25, 0.3) is 16.9 Å². The van der Waals surface area contributed by atoms with E-state index >= 15 is 0 Å². The molecule has 1 aromatic carbocycles. The van der Waals surface area contributed by atoms with Crippen LogP contribution < -0.4 is 5.73 Å². The lowest BCUT2D eigenvalue weighted by atomic mass is 10.1. The summed E-state index contributed by atoms with van der Waals surface area (Å²) in [6.07, 6.45) is 0. The van der Waals surface area contributed by atoms with Gasteiger partial charge in [0.1, 0.15) is 5.82 Å². The molecule has 0 fully saturated rings. The number of thiophene rings is 1. The maximum absolute atomic E-state index is 6.21. The lowest BCUT2D eigenvalue weighted by molar-refractivity contribution is 0.895. The van der Waals surface area contributed by atoms with Crippen molar-refractivity contribution in [3.05, 3.63) is 49.5 Å². The average molecular weight is 413 g/mol. The van der Waals surface area contributed by atoms with E-state index in [9.17, 15) is 0 Å². The van der Waals surface area contributed by atoms with Crippen LogP contribution in [0.15, 0.2) is 44.0 Å². The third-order valence-corrected chi connectivity index (χ3v) is 5.42. The highest BCUT2D eigenvalue weighted by Crippen LogP contribution is 2.40. The Morgan fingerprint density at radius 3 is 2.50 bits per heavy atom. The minimum atomic E-state index is 0.667. The first kappa shape index (κ1) is 13.9. The van der Waals surface area contributed by atoms with E-state index in [0.29, 0.717) is 5.82 Å². The number of aromatic nitrogens is 2. The molecule has 0 saturated carbocycles. The van der Waals surface area contributed by atoms with Gasteiger partial charge in [-0.2, -0.15) is 5.10 Å². The molecule has 2 aromatic heterocycles. The Morgan fingerprint density at radius 2 is 1.90 bits per heavy atom. The van der Waals surface area contributed by atoms with E-state index in [4.69, 9.17) is 5.73 Å². The van der Waals surface area contributed by atoms with Crippen molar-refractivity contribution in [2.45, 2.75) is 6.92 Å². The van der Waals surface area contributed by atoms with Crippen molar-refractivity contribution in [3.63, 3.8) is 0 Å². The van der Waals surface area contributed by atoms with Crippen molar-refractivity contribution in [2.75, 3.05) is 5.73 Å². The summed E-state index contributed by atoms with van der Waals surface area (Å²) >= 11 is 8.70. The monoisotopic (exact) mass is 411 g/mol. The van der Waals surface area contributed by atoms with Gasteiger partial charge in [-0.15, -0.1) is 11.3 Å². The van der Waals surface area contributed by atoms with Crippen LogP contribution in [0.4, 0.5) is 5.82 Å². The topological polar surface area (TPSA) is 43.8 Å². The number of nitrogens with zero attached hydrogens (tertiary/aromatic N) is 2. The number of hydrogen-bond donors (Lipinski definition) is 1. The molecule has 0 saturated heterocycles. The second kappa shape index (κ2) is 5.35. The summed E-state index contributed by atoms with van der Waals surface area (Å²) in [5, 5.41) is 4.67. The lowest BCUT2D eigenvalue weighted by Gasteiger charge is -2.02. The Kier molecular flexibility index (Phi) is 3.70. The van der Waals surface area contributed by atoms with Crippen molar-refractivity contribution in [2.24, 2.45) is 0 Å². The molecule has 0 radical (unpaired) electrons. The summed E-state index contributed by atoms with van der Waals surface area (Å²) in [5.74, 6) is 0.667. The van der Waals surface area contributed by atoms with Crippen LogP contribution in [0.5, 0.6) is 0 Å². The van der Waals surface area contributed by atoms with Gasteiger partial charge in [0.05, 0.1) is 19.0 Å². The highest BCUT2D eigenvalue weighted by molar-refractivity contribution is 9.12. The van der Waals surface area contributed by atoms with E-state index in [1.165, 1.54) is 0 Å². The summed E-state index contributed by atoms with van der Waals surface area (Å²) in [4.78, 5) is 0. The molecular formula is C14H11Br2N3S. The molecule has 2 heterocycles. The zero-order valence-corrected chi connectivity index (χ0v) is 14.6. The summed E-state index contributed by atoms with van der Waals surface area (Å²) in [6.45, 7) is 2.00. The molecule has 0 spiro atoms. The van der Waals surface area contributed by atoms with Gasteiger partial charge in [-0.3, -0.25) is 0 Å². The highest BCUT2D eigenvalue weighted by atomic mass is 79.9. The van der Waals surface area contributed by atoms with Crippen molar-refractivity contribution in [1.82, 2.24) is 9.78 Å². The highest BCUT2D eigenvalue weighted by Gasteiger charge is 2.18. The third kappa shape index (κ3) is 2.32. The maximum atomic E-state index is 6.21. The Hall–Kier alpha value is -1.11. The van der Waals surface area contributed by atoms with Gasteiger partial charge in [0.2, 0.25) is 0 Å². The van der Waals surface area contributed by atoms with Crippen LogP contribution in [0, 0.1) is 6.92 Å². The molecule has 6 heteroatoms. The fourth-order valence-corrected chi connectivity index (χ4v) is 4.84. The van der Waals surface area contributed by atoms with Gasteiger partial charge in [0.15, 0.2) is 0 Å². The second-order valence-corrected chi connectivity index (χ2v) is 8.09. The fourth-order valence-electron chi connectivity index (χ4n) is 2.03. The largest absolute Gasteiger partial charge is 0.383 e. The minimum Gasteiger partial charge on any atom is -0.383 e. The van der Waals surface area contributed by atoms with Crippen molar-refractivity contribution in [1.29, 1.82) is 0 Å². The minimum absolute atomic E-state index is 0.667. The number of benzene rings is 1. The molecule has 0 aliphatic heterocycles. The fraction of sp³-hybridized carbons (Fsp3) is 0.0714. The number of nitrogen functional groups attached to an aromatic ring is 1. The van der Waals surface area contributed by atoms with E-state index in [1.807, 2.05) is 37.3 Å². The van der Waals surface area contributed by atoms with Gasteiger partial charge in [-0.1, -0.05) is 18.2 Å². The van der Waals surface area contributed by atoms with Gasteiger partial charge in [-0.25, -0.2) is 4.68 Å². The second-order valence-electron chi connectivity index (χ2n) is 4.34. The van der Waals surface area contributed by atoms with Gasteiger partial charge in [0.25, 0.3) is 0 Å². The molecule has 0 unspecified atom stereocenters. The zero-order valence-electron chi connectivity index (χ0n) is 10.6. The number of hydrogen-bond acceptors (Lipinski definition) is 3. The number of anilines is 1. The predicted octanol–water partition coefficient (Wildman–Crippen LogP) is 5.02. The molecule has 2 N–H and O–H groups in total. The summed E-state index contributed by atoms with van der Waals surface area (Å²) in [6, 6.07) is 12.0. The summed E-state index contributed by atoms with van der Waals surface area (Å²) in [7, 11) is 0. The van der Waals surface area contributed by atoms with Crippen LogP contribution in [-0.2, 0) is 0 Å². The van der Waals surface area contributed by atoms with E-state index in [-0.39, 0.29) is 0 Å². The molecule has 3 aromatic rings. The molecule has 102 valence electrons. The first-order valence-corrected chi connectivity index (χ1v) is 8.34. The van der Waals surface area contributed by atoms with E-state index in [1.54, 1.807) is 16.0 Å². The van der Waals surface area contributed by atoms with E-state index in [0.717, 1.165) is 30.1 Å². The van der Waals surface area contributed by atoms with Crippen LogP contribution in [0.1, 0.15) is 5.56 Å². The van der Waals surface area contributed by atoms with Gasteiger partial charge >= 0.3 is 0 Å². The van der Waals surface area contributed by atoms with Crippen LogP contribution in [0.2, 0.25) is 0 Å². The van der Waals surface area contributed by atoms with Crippen LogP contribution in [-0.4, -0.2) is 9.78 Å². The molecule has 0 amide bonds. The Balaban J connectivity index is 2.18. The summed E-state index contributed by atoms with van der Waals surface area (Å²) < 4.78 is 3.89. The van der Waals surface area contributed by atoms with Crippen molar-refractivity contribution in [3.8, 4) is 16.9 Å². The Morgan fingerprint density at radius 1 is 1.20 bits per heavy atom. The van der Waals surface area contributed by atoms with Gasteiger partial charge < -0.3 is 5.73 Å². The standard InChI is InChI=1S/C14H11Br2N3S/c1-8-12(10-7-11(15)20-13(10)16)18-19(14(8)17)9-5-3-2-4-6-9/h2-7H,17H2,1H3. The summed E-state index contributed by atoms with van der Waals surface area (Å²) in [5.41, 5.74) is 10.1.